The first kappa shape index (κ1) is 18.2. The maximum atomic E-state index is 15.0. The van der Waals surface area contributed by atoms with Gasteiger partial charge in [-0.15, -0.1) is 0 Å². The van der Waals surface area contributed by atoms with Crippen molar-refractivity contribution >= 4 is 28.5 Å². The summed E-state index contributed by atoms with van der Waals surface area (Å²) in [5, 5.41) is 9.80. The first-order valence-electron chi connectivity index (χ1n) is 9.56. The van der Waals surface area contributed by atoms with E-state index in [4.69, 9.17) is 0 Å². The highest BCUT2D eigenvalue weighted by Crippen LogP contribution is 2.48. The summed E-state index contributed by atoms with van der Waals surface area (Å²) in [7, 11) is 1.93. The summed E-state index contributed by atoms with van der Waals surface area (Å²) in [6.07, 6.45) is 8.31. The number of pyridine rings is 1. The zero-order valence-corrected chi connectivity index (χ0v) is 17.0. The molecule has 8 heteroatoms. The summed E-state index contributed by atoms with van der Waals surface area (Å²) < 4.78 is 21.9. The van der Waals surface area contributed by atoms with Crippen molar-refractivity contribution in [2.24, 2.45) is 13.0 Å². The van der Waals surface area contributed by atoms with Crippen molar-refractivity contribution < 1.29 is 4.39 Å². The zero-order chi connectivity index (χ0) is 20.0. The van der Waals surface area contributed by atoms with E-state index in [0.717, 1.165) is 21.5 Å². The van der Waals surface area contributed by atoms with Gasteiger partial charge in [-0.05, 0) is 54.5 Å². The van der Waals surface area contributed by atoms with Crippen LogP contribution in [0.4, 0.5) is 10.1 Å². The quantitative estimate of drug-likeness (QED) is 0.478. The Hall–Kier alpha value is -2.87. The van der Waals surface area contributed by atoms with Gasteiger partial charge in [-0.2, -0.15) is 10.2 Å². The minimum atomic E-state index is -1.23. The number of benzene rings is 1. The summed E-state index contributed by atoms with van der Waals surface area (Å²) in [4.78, 5) is 5.30. The summed E-state index contributed by atoms with van der Waals surface area (Å²) in [6, 6.07) is 9.63. The minimum absolute atomic E-state index is 0.430. The van der Waals surface area contributed by atoms with Gasteiger partial charge >= 0.3 is 0 Å². The number of hydrogen-bond acceptors (Lipinski definition) is 5. The molecule has 4 aromatic rings. The molecular weight excluding hydrogens is 387 g/mol. The second-order valence-corrected chi connectivity index (χ2v) is 8.60. The van der Waals surface area contributed by atoms with Gasteiger partial charge in [0, 0.05) is 24.8 Å². The van der Waals surface area contributed by atoms with E-state index in [9.17, 15) is 4.39 Å². The van der Waals surface area contributed by atoms with E-state index < -0.39 is 5.67 Å². The molecule has 0 atom stereocenters. The van der Waals surface area contributed by atoms with Crippen molar-refractivity contribution in [3.63, 3.8) is 0 Å². The van der Waals surface area contributed by atoms with Gasteiger partial charge < -0.3 is 4.72 Å². The fourth-order valence-corrected chi connectivity index (χ4v) is 4.66. The monoisotopic (exact) mass is 408 g/mol. The molecule has 1 aromatic carbocycles. The average molecular weight is 409 g/mol. The lowest BCUT2D eigenvalue weighted by molar-refractivity contribution is 0.0113. The van der Waals surface area contributed by atoms with Gasteiger partial charge in [-0.25, -0.2) is 14.1 Å². The van der Waals surface area contributed by atoms with Crippen molar-refractivity contribution in [3.8, 4) is 5.82 Å². The van der Waals surface area contributed by atoms with Gasteiger partial charge in [0.1, 0.15) is 5.67 Å². The molecule has 3 heterocycles. The Morgan fingerprint density at radius 3 is 2.90 bits per heavy atom. The van der Waals surface area contributed by atoms with Crippen LogP contribution < -0.4 is 4.72 Å². The first-order chi connectivity index (χ1) is 14.0. The molecular formula is C21H21FN6S. The fourth-order valence-electron chi connectivity index (χ4n) is 4.02. The van der Waals surface area contributed by atoms with Gasteiger partial charge in [0.05, 0.1) is 28.5 Å². The van der Waals surface area contributed by atoms with Crippen molar-refractivity contribution in [3.05, 3.63) is 60.7 Å². The van der Waals surface area contributed by atoms with Gasteiger partial charge in [0.15, 0.2) is 5.82 Å². The summed E-state index contributed by atoms with van der Waals surface area (Å²) >= 11 is 1.47. The van der Waals surface area contributed by atoms with E-state index in [2.05, 4.69) is 26.8 Å². The smallest absolute Gasteiger partial charge is 0.153 e. The molecule has 1 aliphatic carbocycles. The van der Waals surface area contributed by atoms with Crippen molar-refractivity contribution in [2.75, 3.05) is 4.72 Å². The van der Waals surface area contributed by atoms with Crippen LogP contribution in [0.2, 0.25) is 0 Å². The van der Waals surface area contributed by atoms with Crippen LogP contribution in [0.5, 0.6) is 0 Å². The Morgan fingerprint density at radius 1 is 1.21 bits per heavy atom. The van der Waals surface area contributed by atoms with Crippen LogP contribution in [0, 0.1) is 5.92 Å². The minimum Gasteiger partial charge on any atom is -0.324 e. The molecule has 1 aliphatic rings. The number of rotatable bonds is 5. The third-order valence-corrected chi connectivity index (χ3v) is 6.21. The van der Waals surface area contributed by atoms with Crippen LogP contribution in [0.15, 0.2) is 60.0 Å². The molecule has 1 fully saturated rings. The van der Waals surface area contributed by atoms with E-state index in [0.29, 0.717) is 30.1 Å². The van der Waals surface area contributed by atoms with Crippen LogP contribution in [-0.4, -0.2) is 24.5 Å². The third-order valence-electron chi connectivity index (χ3n) is 5.44. The fraction of sp³-hybridized carbons (Fsp3) is 0.286. The molecule has 148 valence electrons. The van der Waals surface area contributed by atoms with Crippen molar-refractivity contribution in [1.82, 2.24) is 24.5 Å². The lowest BCUT2D eigenvalue weighted by Gasteiger charge is -2.40. The first-order valence-corrected chi connectivity index (χ1v) is 10.4. The van der Waals surface area contributed by atoms with E-state index in [1.165, 1.54) is 11.9 Å². The van der Waals surface area contributed by atoms with Gasteiger partial charge in [-0.1, -0.05) is 19.1 Å². The van der Waals surface area contributed by atoms with Gasteiger partial charge in [0.25, 0.3) is 0 Å². The molecule has 0 radical (unpaired) electrons. The molecule has 29 heavy (non-hydrogen) atoms. The predicted octanol–water partition coefficient (Wildman–Crippen LogP) is 4.87. The summed E-state index contributed by atoms with van der Waals surface area (Å²) in [6.45, 7) is 2.08. The summed E-state index contributed by atoms with van der Waals surface area (Å²) in [5.41, 5.74) is 1.49. The van der Waals surface area contributed by atoms with Gasteiger partial charge in [0.2, 0.25) is 0 Å². The number of halogens is 1. The van der Waals surface area contributed by atoms with Crippen LogP contribution >= 0.6 is 11.9 Å². The maximum absolute atomic E-state index is 15.0. The number of alkyl halides is 1. The number of aryl methyl sites for hydroxylation is 1. The number of nitrogens with zero attached hydrogens (tertiary/aromatic N) is 5. The third kappa shape index (κ3) is 3.27. The number of hydrogen-bond donors (Lipinski definition) is 1. The maximum Gasteiger partial charge on any atom is 0.153 e. The Morgan fingerprint density at radius 2 is 2.07 bits per heavy atom. The Bertz CT molecular complexity index is 1180. The lowest BCUT2D eigenvalue weighted by atomic mass is 9.70. The molecule has 0 aliphatic heterocycles. The number of anilines is 1. The average Bonchev–Trinajstić information content (AvgIpc) is 3.33. The van der Waals surface area contributed by atoms with Crippen LogP contribution in [-0.2, 0) is 12.7 Å². The summed E-state index contributed by atoms with van der Waals surface area (Å²) in [5.74, 6) is 1.05. The molecule has 0 unspecified atom stereocenters. The Balaban J connectivity index is 1.34. The molecule has 3 aromatic heterocycles. The molecule has 1 N–H and O–H groups in total. The molecule has 1 saturated carbocycles. The SMILES string of the molecule is CC1CC(F)(c2ccnc(-n3cc(SNc4cccc5cnn(C)c45)cn3)c2)C1. The van der Waals surface area contributed by atoms with Crippen LogP contribution in [0.25, 0.3) is 16.7 Å². The molecule has 5 rings (SSSR count). The Kier molecular flexibility index (Phi) is 4.31. The molecule has 6 nitrogen and oxygen atoms in total. The topological polar surface area (TPSA) is 60.6 Å². The number of nitrogens with one attached hydrogen (secondary N) is 1. The van der Waals surface area contributed by atoms with Gasteiger partial charge in [-0.3, -0.25) is 4.68 Å². The van der Waals surface area contributed by atoms with Crippen LogP contribution in [0.3, 0.4) is 0 Å². The molecule has 0 amide bonds. The van der Waals surface area contributed by atoms with Crippen LogP contribution in [0.1, 0.15) is 25.3 Å². The van der Waals surface area contributed by atoms with E-state index in [-0.39, 0.29) is 0 Å². The van der Waals surface area contributed by atoms with Crippen molar-refractivity contribution in [2.45, 2.75) is 30.3 Å². The van der Waals surface area contributed by atoms with E-state index >= 15 is 0 Å². The normalized spacial score (nSPS) is 21.3. The molecule has 0 spiro atoms. The standard InChI is InChI=1S/C21H21FN6S/c1-14-9-21(22,10-14)16-6-7-23-19(8-16)28-13-17(12-25-28)29-26-18-5-3-4-15-11-24-27(2)20(15)18/h3-8,11-14,26H,9-10H2,1-2H3. The predicted molar refractivity (Wildman–Crippen MR) is 113 cm³/mol. The largest absolute Gasteiger partial charge is 0.324 e. The zero-order valence-electron chi connectivity index (χ0n) is 16.2. The van der Waals surface area contributed by atoms with E-state index in [1.807, 2.05) is 42.3 Å². The molecule has 0 saturated heterocycles. The highest BCUT2D eigenvalue weighted by Gasteiger charge is 2.44. The number of para-hydroxylation sites is 1. The highest BCUT2D eigenvalue weighted by molar-refractivity contribution is 8.00. The Labute approximate surface area is 172 Å². The highest BCUT2D eigenvalue weighted by atomic mass is 32.2. The van der Waals surface area contributed by atoms with E-state index in [1.54, 1.807) is 29.2 Å². The lowest BCUT2D eigenvalue weighted by Crippen LogP contribution is -2.35. The second kappa shape index (κ2) is 6.88. The number of aromatic nitrogens is 5. The number of fused-ring (bicyclic) bond motifs is 1. The molecule has 0 bridgehead atoms. The van der Waals surface area contributed by atoms with Crippen molar-refractivity contribution in [1.29, 1.82) is 0 Å². The second-order valence-electron chi connectivity index (χ2n) is 7.72.